The zero-order valence-electron chi connectivity index (χ0n) is 8.04. The lowest BCUT2D eigenvalue weighted by molar-refractivity contribution is 0.102. The molecule has 1 heterocycles. The van der Waals surface area contributed by atoms with Crippen molar-refractivity contribution in [2.45, 2.75) is 0 Å². The van der Waals surface area contributed by atoms with Crippen LogP contribution in [0.25, 0.3) is 0 Å². The second-order valence-electron chi connectivity index (χ2n) is 3.07. The van der Waals surface area contributed by atoms with Crippen molar-refractivity contribution < 1.29 is 9.18 Å². The van der Waals surface area contributed by atoms with Crippen LogP contribution in [-0.2, 0) is 0 Å². The van der Waals surface area contributed by atoms with Crippen molar-refractivity contribution in [3.05, 3.63) is 50.9 Å². The normalized spacial score (nSPS) is 10.1. The van der Waals surface area contributed by atoms with Gasteiger partial charge in [-0.25, -0.2) is 4.39 Å². The van der Waals surface area contributed by atoms with Crippen molar-refractivity contribution in [1.29, 1.82) is 0 Å². The molecule has 2 nitrogen and oxygen atoms in total. The maximum Gasteiger partial charge on any atom is 0.256 e. The molecule has 0 aliphatic carbocycles. The summed E-state index contributed by atoms with van der Waals surface area (Å²) >= 11 is 4.54. The van der Waals surface area contributed by atoms with Gasteiger partial charge >= 0.3 is 0 Å². The lowest BCUT2D eigenvalue weighted by atomic mass is 10.2. The molecule has 0 fully saturated rings. The van der Waals surface area contributed by atoms with E-state index in [0.29, 0.717) is 5.69 Å². The fourth-order valence-corrected chi connectivity index (χ4v) is 2.25. The Labute approximate surface area is 104 Å². The Morgan fingerprint density at radius 2 is 2.19 bits per heavy atom. The van der Waals surface area contributed by atoms with Gasteiger partial charge in [-0.15, -0.1) is 0 Å². The molecule has 0 atom stereocenters. The maximum absolute atomic E-state index is 13.2. The molecule has 0 radical (unpaired) electrons. The van der Waals surface area contributed by atoms with Gasteiger partial charge in [-0.3, -0.25) is 4.79 Å². The van der Waals surface area contributed by atoms with Gasteiger partial charge in [-0.1, -0.05) is 6.07 Å². The summed E-state index contributed by atoms with van der Waals surface area (Å²) in [6, 6.07) is 6.15. The largest absolute Gasteiger partial charge is 0.321 e. The first-order chi connectivity index (χ1) is 7.68. The Kier molecular flexibility index (Phi) is 3.36. The summed E-state index contributed by atoms with van der Waals surface area (Å²) in [5.41, 5.74) is 0.998. The molecule has 0 aliphatic heterocycles. The molecule has 0 spiro atoms. The van der Waals surface area contributed by atoms with Crippen LogP contribution >= 0.6 is 27.3 Å². The van der Waals surface area contributed by atoms with E-state index in [9.17, 15) is 9.18 Å². The number of thiophene rings is 1. The molecule has 0 bridgehead atoms. The molecule has 0 saturated carbocycles. The quantitative estimate of drug-likeness (QED) is 0.895. The van der Waals surface area contributed by atoms with Gasteiger partial charge in [0.25, 0.3) is 5.91 Å². The number of halogens is 2. The third kappa shape index (κ3) is 2.31. The number of carbonyl (C=O) groups excluding carboxylic acids is 1. The highest BCUT2D eigenvalue weighted by molar-refractivity contribution is 9.10. The molecule has 5 heteroatoms. The smallest absolute Gasteiger partial charge is 0.256 e. The number of benzene rings is 1. The second kappa shape index (κ2) is 4.76. The second-order valence-corrected chi connectivity index (χ2v) is 4.64. The monoisotopic (exact) mass is 299 g/mol. The van der Waals surface area contributed by atoms with Crippen molar-refractivity contribution in [3.63, 3.8) is 0 Å². The van der Waals surface area contributed by atoms with Gasteiger partial charge in [0.2, 0.25) is 0 Å². The van der Waals surface area contributed by atoms with E-state index in [1.165, 1.54) is 23.5 Å². The summed E-state index contributed by atoms with van der Waals surface area (Å²) < 4.78 is 13.4. The van der Waals surface area contributed by atoms with Gasteiger partial charge in [0, 0.05) is 5.38 Å². The van der Waals surface area contributed by atoms with Gasteiger partial charge in [0.05, 0.1) is 15.7 Å². The molecule has 2 rings (SSSR count). The minimum Gasteiger partial charge on any atom is -0.321 e. The Hall–Kier alpha value is -1.20. The maximum atomic E-state index is 13.2. The van der Waals surface area contributed by atoms with Gasteiger partial charge in [-0.05, 0) is 39.5 Å². The highest BCUT2D eigenvalue weighted by Crippen LogP contribution is 2.22. The summed E-state index contributed by atoms with van der Waals surface area (Å²) in [7, 11) is 0. The van der Waals surface area contributed by atoms with Crippen molar-refractivity contribution in [2.24, 2.45) is 0 Å². The predicted octanol–water partition coefficient (Wildman–Crippen LogP) is 3.90. The van der Waals surface area contributed by atoms with Gasteiger partial charge in [0.15, 0.2) is 0 Å². The number of hydrogen-bond donors (Lipinski definition) is 1. The first-order valence-corrected chi connectivity index (χ1v) is 6.19. The standard InChI is InChI=1S/C11H7BrFNOS/c12-10-8(2-1-3-9(10)13)11(15)14-7-4-5-16-6-7/h1-6H,(H,14,15). The SMILES string of the molecule is O=C(Nc1ccsc1)c1cccc(F)c1Br. The summed E-state index contributed by atoms with van der Waals surface area (Å²) in [6.07, 6.45) is 0. The van der Waals surface area contributed by atoms with Crippen LogP contribution in [0.15, 0.2) is 39.5 Å². The lowest BCUT2D eigenvalue weighted by Crippen LogP contribution is -2.12. The number of nitrogens with one attached hydrogen (secondary N) is 1. The van der Waals surface area contributed by atoms with E-state index < -0.39 is 5.82 Å². The zero-order valence-corrected chi connectivity index (χ0v) is 10.4. The third-order valence-electron chi connectivity index (χ3n) is 1.98. The highest BCUT2D eigenvalue weighted by Gasteiger charge is 2.12. The Morgan fingerprint density at radius 1 is 1.38 bits per heavy atom. The minimum absolute atomic E-state index is 0.183. The molecule has 1 aromatic carbocycles. The number of anilines is 1. The van der Waals surface area contributed by atoms with Gasteiger partial charge in [0.1, 0.15) is 5.82 Å². The van der Waals surface area contributed by atoms with Crippen LogP contribution < -0.4 is 5.32 Å². The van der Waals surface area contributed by atoms with Crippen molar-refractivity contribution in [2.75, 3.05) is 5.32 Å². The topological polar surface area (TPSA) is 29.1 Å². The van der Waals surface area contributed by atoms with Crippen LogP contribution in [0.2, 0.25) is 0 Å². The van der Waals surface area contributed by atoms with Crippen LogP contribution in [-0.4, -0.2) is 5.91 Å². The molecule has 16 heavy (non-hydrogen) atoms. The lowest BCUT2D eigenvalue weighted by Gasteiger charge is -2.05. The van der Waals surface area contributed by atoms with E-state index >= 15 is 0 Å². The minimum atomic E-state index is -0.446. The number of hydrogen-bond acceptors (Lipinski definition) is 2. The Morgan fingerprint density at radius 3 is 2.88 bits per heavy atom. The fraction of sp³-hybridized carbons (Fsp3) is 0. The number of carbonyl (C=O) groups is 1. The first kappa shape index (κ1) is 11.3. The van der Waals surface area contributed by atoms with Crippen LogP contribution in [0.5, 0.6) is 0 Å². The van der Waals surface area contributed by atoms with E-state index in [1.807, 2.05) is 10.8 Å². The molecule has 0 unspecified atom stereocenters. The first-order valence-electron chi connectivity index (χ1n) is 4.46. The average molecular weight is 300 g/mol. The van der Waals surface area contributed by atoms with E-state index in [1.54, 1.807) is 12.1 Å². The van der Waals surface area contributed by atoms with Crippen LogP contribution in [0.1, 0.15) is 10.4 Å². The van der Waals surface area contributed by atoms with Crippen molar-refractivity contribution >= 4 is 38.9 Å². The van der Waals surface area contributed by atoms with E-state index in [-0.39, 0.29) is 15.9 Å². The molecule has 2 aromatic rings. The summed E-state index contributed by atoms with van der Waals surface area (Å²) in [5.74, 6) is -0.775. The van der Waals surface area contributed by atoms with Crippen molar-refractivity contribution in [3.8, 4) is 0 Å². The number of rotatable bonds is 2. The molecular weight excluding hydrogens is 293 g/mol. The summed E-state index contributed by atoms with van der Waals surface area (Å²) in [5, 5.41) is 6.35. The third-order valence-corrected chi connectivity index (χ3v) is 3.46. The zero-order chi connectivity index (χ0) is 11.5. The molecule has 0 saturated heterocycles. The van der Waals surface area contributed by atoms with Gasteiger partial charge < -0.3 is 5.32 Å². The predicted molar refractivity (Wildman–Crippen MR) is 66.4 cm³/mol. The molecule has 1 amide bonds. The van der Waals surface area contributed by atoms with Crippen LogP contribution in [0, 0.1) is 5.82 Å². The molecular formula is C11H7BrFNOS. The highest BCUT2D eigenvalue weighted by atomic mass is 79.9. The Balaban J connectivity index is 2.24. The summed E-state index contributed by atoms with van der Waals surface area (Å²) in [4.78, 5) is 11.8. The number of amides is 1. The fourth-order valence-electron chi connectivity index (χ4n) is 1.21. The van der Waals surface area contributed by atoms with Crippen LogP contribution in [0.3, 0.4) is 0 Å². The average Bonchev–Trinajstić information content (AvgIpc) is 2.74. The van der Waals surface area contributed by atoms with Crippen molar-refractivity contribution in [1.82, 2.24) is 0 Å². The summed E-state index contributed by atoms with van der Waals surface area (Å²) in [6.45, 7) is 0. The Bertz CT molecular complexity index is 513. The molecule has 1 N–H and O–H groups in total. The molecule has 0 aliphatic rings. The van der Waals surface area contributed by atoms with Gasteiger partial charge in [-0.2, -0.15) is 11.3 Å². The van der Waals surface area contributed by atoms with E-state index in [4.69, 9.17) is 0 Å². The van der Waals surface area contributed by atoms with E-state index in [2.05, 4.69) is 21.2 Å². The van der Waals surface area contributed by atoms with Crippen LogP contribution in [0.4, 0.5) is 10.1 Å². The molecule has 82 valence electrons. The van der Waals surface area contributed by atoms with E-state index in [0.717, 1.165) is 0 Å². The molecule has 1 aromatic heterocycles.